The number of aromatic nitrogens is 1. The number of hydrogen-bond acceptors (Lipinski definition) is 4. The minimum absolute atomic E-state index is 0.0882. The number of nitrogens with two attached hydrogens (primary N) is 1. The van der Waals surface area contributed by atoms with Crippen molar-refractivity contribution in [1.82, 2.24) is 4.98 Å². The molecule has 1 unspecified atom stereocenters. The summed E-state index contributed by atoms with van der Waals surface area (Å²) in [6.07, 6.45) is 3.73. The van der Waals surface area contributed by atoms with Crippen LogP contribution in [0.2, 0.25) is 0 Å². The molecule has 0 spiro atoms. The van der Waals surface area contributed by atoms with Crippen LogP contribution in [-0.4, -0.2) is 11.1 Å². The van der Waals surface area contributed by atoms with Crippen LogP contribution < -0.4 is 15.8 Å². The normalized spacial score (nSPS) is 18.1. The number of nitrogens with zero attached hydrogens (tertiary/aromatic N) is 3. The van der Waals surface area contributed by atoms with E-state index in [4.69, 9.17) is 5.84 Å². The van der Waals surface area contributed by atoms with Gasteiger partial charge in [-0.1, -0.05) is 18.2 Å². The Morgan fingerprint density at radius 2 is 1.89 bits per heavy atom. The van der Waals surface area contributed by atoms with Gasteiger partial charge in [-0.3, -0.25) is 9.99 Å². The predicted octanol–water partition coefficient (Wildman–Crippen LogP) is 2.57. The molecular weight excluding hydrogens is 224 g/mol. The standard InChI is InChI=1S/C14H16N4/c1-10-5-3-4-6-12(10)17-11(2)18(15)13-7-8-16-9-14(13)17/h3-9,11H,15H2,1-2H3. The fourth-order valence-electron chi connectivity index (χ4n) is 2.47. The Labute approximate surface area is 107 Å². The van der Waals surface area contributed by atoms with Gasteiger partial charge in [-0.15, -0.1) is 0 Å². The van der Waals surface area contributed by atoms with Gasteiger partial charge in [0.2, 0.25) is 0 Å². The zero-order valence-electron chi connectivity index (χ0n) is 10.5. The Balaban J connectivity index is 2.16. The van der Waals surface area contributed by atoms with E-state index in [9.17, 15) is 0 Å². The summed E-state index contributed by atoms with van der Waals surface area (Å²) in [7, 11) is 0. The van der Waals surface area contributed by atoms with E-state index in [1.54, 1.807) is 11.2 Å². The maximum Gasteiger partial charge on any atom is 0.118 e. The molecule has 3 rings (SSSR count). The summed E-state index contributed by atoms with van der Waals surface area (Å²) in [4.78, 5) is 6.43. The van der Waals surface area contributed by atoms with Gasteiger partial charge >= 0.3 is 0 Å². The van der Waals surface area contributed by atoms with Gasteiger partial charge in [-0.25, -0.2) is 5.84 Å². The first-order valence-corrected chi connectivity index (χ1v) is 6.03. The van der Waals surface area contributed by atoms with E-state index in [1.165, 1.54) is 11.3 Å². The number of hydrogen-bond donors (Lipinski definition) is 1. The number of hydrazine groups is 1. The minimum atomic E-state index is 0.0882. The summed E-state index contributed by atoms with van der Waals surface area (Å²) in [6, 6.07) is 10.3. The number of benzene rings is 1. The topological polar surface area (TPSA) is 45.4 Å². The zero-order valence-corrected chi connectivity index (χ0v) is 10.5. The van der Waals surface area contributed by atoms with Crippen molar-refractivity contribution < 1.29 is 0 Å². The molecule has 4 heteroatoms. The first kappa shape index (κ1) is 11.0. The van der Waals surface area contributed by atoms with E-state index in [1.807, 2.05) is 24.4 Å². The monoisotopic (exact) mass is 240 g/mol. The molecule has 1 atom stereocenters. The molecule has 2 N–H and O–H groups in total. The molecular formula is C14H16N4. The number of anilines is 3. The number of aryl methyl sites for hydroxylation is 1. The van der Waals surface area contributed by atoms with Gasteiger partial charge in [0.1, 0.15) is 6.17 Å². The van der Waals surface area contributed by atoms with Crippen LogP contribution in [0.3, 0.4) is 0 Å². The molecule has 0 bridgehead atoms. The number of rotatable bonds is 1. The molecule has 0 fully saturated rings. The molecule has 92 valence electrons. The van der Waals surface area contributed by atoms with Gasteiger partial charge in [0, 0.05) is 11.9 Å². The van der Waals surface area contributed by atoms with E-state index < -0.39 is 0 Å². The molecule has 0 radical (unpaired) electrons. The lowest BCUT2D eigenvalue weighted by molar-refractivity contribution is 0.697. The third-order valence-corrected chi connectivity index (χ3v) is 3.47. The summed E-state index contributed by atoms with van der Waals surface area (Å²) in [6.45, 7) is 4.20. The van der Waals surface area contributed by atoms with E-state index in [2.05, 4.69) is 35.9 Å². The molecule has 0 aliphatic carbocycles. The predicted molar refractivity (Wildman–Crippen MR) is 73.7 cm³/mol. The Morgan fingerprint density at radius 1 is 1.11 bits per heavy atom. The average molecular weight is 240 g/mol. The van der Waals surface area contributed by atoms with Crippen LogP contribution in [-0.2, 0) is 0 Å². The second kappa shape index (κ2) is 3.99. The smallest absolute Gasteiger partial charge is 0.118 e. The lowest BCUT2D eigenvalue weighted by Crippen LogP contribution is -2.43. The van der Waals surface area contributed by atoms with Crippen LogP contribution >= 0.6 is 0 Å². The van der Waals surface area contributed by atoms with Crippen molar-refractivity contribution in [3.05, 3.63) is 48.3 Å². The Bertz CT molecular complexity index is 582. The fourth-order valence-corrected chi connectivity index (χ4v) is 2.47. The maximum absolute atomic E-state index is 6.13. The van der Waals surface area contributed by atoms with Crippen LogP contribution in [0.15, 0.2) is 42.7 Å². The van der Waals surface area contributed by atoms with E-state index >= 15 is 0 Å². The van der Waals surface area contributed by atoms with Crippen molar-refractivity contribution >= 4 is 17.1 Å². The van der Waals surface area contributed by atoms with Crippen molar-refractivity contribution in [2.45, 2.75) is 20.0 Å². The third-order valence-electron chi connectivity index (χ3n) is 3.47. The van der Waals surface area contributed by atoms with Gasteiger partial charge in [-0.2, -0.15) is 0 Å². The summed E-state index contributed by atoms with van der Waals surface area (Å²) >= 11 is 0. The van der Waals surface area contributed by atoms with Crippen molar-refractivity contribution in [1.29, 1.82) is 0 Å². The first-order valence-electron chi connectivity index (χ1n) is 6.03. The van der Waals surface area contributed by atoms with Gasteiger partial charge < -0.3 is 4.90 Å². The largest absolute Gasteiger partial charge is 0.316 e. The van der Waals surface area contributed by atoms with Gasteiger partial charge in [0.05, 0.1) is 17.6 Å². The Morgan fingerprint density at radius 3 is 2.67 bits per heavy atom. The number of fused-ring (bicyclic) bond motifs is 1. The lowest BCUT2D eigenvalue weighted by atomic mass is 10.1. The molecule has 4 nitrogen and oxygen atoms in total. The zero-order chi connectivity index (χ0) is 12.7. The van der Waals surface area contributed by atoms with Gasteiger partial charge in [-0.05, 0) is 31.5 Å². The second-order valence-electron chi connectivity index (χ2n) is 4.56. The molecule has 18 heavy (non-hydrogen) atoms. The van der Waals surface area contributed by atoms with Crippen molar-refractivity contribution in [3.8, 4) is 0 Å². The Hall–Kier alpha value is -2.07. The van der Waals surface area contributed by atoms with Crippen molar-refractivity contribution in [2.24, 2.45) is 5.84 Å². The summed E-state index contributed by atoms with van der Waals surface area (Å²) in [5.41, 5.74) is 4.48. The van der Waals surface area contributed by atoms with Crippen molar-refractivity contribution in [3.63, 3.8) is 0 Å². The van der Waals surface area contributed by atoms with Crippen LogP contribution in [0.25, 0.3) is 0 Å². The van der Waals surface area contributed by atoms with Gasteiger partial charge in [0.25, 0.3) is 0 Å². The van der Waals surface area contributed by atoms with Crippen LogP contribution in [0, 0.1) is 6.92 Å². The molecule has 0 saturated heterocycles. The van der Waals surface area contributed by atoms with E-state index in [-0.39, 0.29) is 6.17 Å². The summed E-state index contributed by atoms with van der Waals surface area (Å²) < 4.78 is 0. The van der Waals surface area contributed by atoms with E-state index in [0.29, 0.717) is 0 Å². The molecule has 0 saturated carbocycles. The number of para-hydroxylation sites is 1. The highest BCUT2D eigenvalue weighted by atomic mass is 15.5. The second-order valence-corrected chi connectivity index (χ2v) is 4.56. The van der Waals surface area contributed by atoms with E-state index in [0.717, 1.165) is 11.4 Å². The minimum Gasteiger partial charge on any atom is -0.316 e. The van der Waals surface area contributed by atoms with Gasteiger partial charge in [0.15, 0.2) is 0 Å². The lowest BCUT2D eigenvalue weighted by Gasteiger charge is -2.28. The molecule has 2 heterocycles. The maximum atomic E-state index is 6.13. The summed E-state index contributed by atoms with van der Waals surface area (Å²) in [5.74, 6) is 6.13. The highest BCUT2D eigenvalue weighted by molar-refractivity contribution is 5.83. The first-order chi connectivity index (χ1) is 8.70. The molecule has 1 aromatic heterocycles. The Kier molecular flexibility index (Phi) is 2.45. The van der Waals surface area contributed by atoms with Crippen LogP contribution in [0.4, 0.5) is 17.1 Å². The number of pyridine rings is 1. The van der Waals surface area contributed by atoms with Crippen LogP contribution in [0.5, 0.6) is 0 Å². The fraction of sp³-hybridized carbons (Fsp3) is 0.214. The molecule has 1 aliphatic heterocycles. The summed E-state index contributed by atoms with van der Waals surface area (Å²) in [5, 5.41) is 1.78. The highest BCUT2D eigenvalue weighted by Gasteiger charge is 2.32. The quantitative estimate of drug-likeness (QED) is 0.778. The third kappa shape index (κ3) is 1.46. The van der Waals surface area contributed by atoms with Crippen molar-refractivity contribution in [2.75, 3.05) is 9.91 Å². The molecule has 2 aromatic rings. The highest BCUT2D eigenvalue weighted by Crippen LogP contribution is 2.42. The molecule has 1 aromatic carbocycles. The SMILES string of the molecule is Cc1ccccc1N1c2cnccc2N(N)C1C. The molecule has 0 amide bonds. The average Bonchev–Trinajstić information content (AvgIpc) is 2.64. The molecule has 1 aliphatic rings. The van der Waals surface area contributed by atoms with Crippen LogP contribution in [0.1, 0.15) is 12.5 Å².